The molecule has 148 valence electrons. The van der Waals surface area contributed by atoms with Crippen LogP contribution in [0.4, 0.5) is 0 Å². The number of likely N-dealkylation sites (tertiary alicyclic amines) is 1. The number of methoxy groups -OCH3 is 1. The minimum absolute atomic E-state index is 0.0187. The molecular weight excluding hydrogens is 352 g/mol. The van der Waals surface area contributed by atoms with Crippen molar-refractivity contribution in [2.24, 2.45) is 5.92 Å². The van der Waals surface area contributed by atoms with E-state index >= 15 is 0 Å². The molecule has 0 aromatic heterocycles. The lowest BCUT2D eigenvalue weighted by Gasteiger charge is -2.31. The molecule has 0 spiro atoms. The molecule has 5 nitrogen and oxygen atoms in total. The fourth-order valence-electron chi connectivity index (χ4n) is 3.58. The molecule has 5 heteroatoms. The zero-order chi connectivity index (χ0) is 19.9. The monoisotopic (exact) mass is 380 g/mol. The van der Waals surface area contributed by atoms with Gasteiger partial charge in [0, 0.05) is 25.6 Å². The van der Waals surface area contributed by atoms with E-state index in [0.29, 0.717) is 38.9 Å². The number of benzene rings is 2. The molecule has 2 aromatic carbocycles. The quantitative estimate of drug-likeness (QED) is 0.838. The minimum Gasteiger partial charge on any atom is -0.497 e. The van der Waals surface area contributed by atoms with Crippen LogP contribution in [-0.4, -0.2) is 36.9 Å². The standard InChI is InChI=1S/C23H28N2O3/c1-17-4-3-5-19(14-17)16-24-23(27)20-10-12-25(13-11-20)22(26)15-18-6-8-21(28-2)9-7-18/h3-9,14,20H,10-13,15-16H2,1-2H3,(H,24,27). The van der Waals surface area contributed by atoms with Crippen LogP contribution in [0.25, 0.3) is 0 Å². The Bertz CT molecular complexity index is 809. The number of aryl methyl sites for hydroxylation is 1. The van der Waals surface area contributed by atoms with Crippen LogP contribution in [0.2, 0.25) is 0 Å². The van der Waals surface area contributed by atoms with Crippen LogP contribution >= 0.6 is 0 Å². The highest BCUT2D eigenvalue weighted by Gasteiger charge is 2.27. The van der Waals surface area contributed by atoms with E-state index < -0.39 is 0 Å². The molecule has 1 aliphatic rings. The highest BCUT2D eigenvalue weighted by molar-refractivity contribution is 5.81. The first kappa shape index (κ1) is 19.9. The Labute approximate surface area is 166 Å². The third-order valence-corrected chi connectivity index (χ3v) is 5.28. The number of nitrogens with one attached hydrogen (secondary N) is 1. The van der Waals surface area contributed by atoms with Gasteiger partial charge in [-0.25, -0.2) is 0 Å². The summed E-state index contributed by atoms with van der Waals surface area (Å²) in [7, 11) is 1.63. The summed E-state index contributed by atoms with van der Waals surface area (Å²) in [5.74, 6) is 0.969. The average Bonchev–Trinajstić information content (AvgIpc) is 2.72. The third kappa shape index (κ3) is 5.35. The summed E-state index contributed by atoms with van der Waals surface area (Å²) in [6.07, 6.45) is 1.82. The van der Waals surface area contributed by atoms with Gasteiger partial charge in [-0.05, 0) is 43.0 Å². The van der Waals surface area contributed by atoms with Gasteiger partial charge in [0.15, 0.2) is 0 Å². The van der Waals surface area contributed by atoms with E-state index in [2.05, 4.69) is 11.4 Å². The van der Waals surface area contributed by atoms with Crippen molar-refractivity contribution in [2.45, 2.75) is 32.7 Å². The largest absolute Gasteiger partial charge is 0.497 e. The third-order valence-electron chi connectivity index (χ3n) is 5.28. The predicted octanol–water partition coefficient (Wildman–Crippen LogP) is 3.10. The fourth-order valence-corrected chi connectivity index (χ4v) is 3.58. The zero-order valence-electron chi connectivity index (χ0n) is 16.6. The number of hydrogen-bond donors (Lipinski definition) is 1. The molecule has 1 fully saturated rings. The number of amides is 2. The van der Waals surface area contributed by atoms with E-state index in [-0.39, 0.29) is 17.7 Å². The van der Waals surface area contributed by atoms with Crippen LogP contribution < -0.4 is 10.1 Å². The zero-order valence-corrected chi connectivity index (χ0v) is 16.6. The molecule has 1 aliphatic heterocycles. The van der Waals surface area contributed by atoms with Crippen molar-refractivity contribution in [1.29, 1.82) is 0 Å². The van der Waals surface area contributed by atoms with Gasteiger partial charge in [0.1, 0.15) is 5.75 Å². The van der Waals surface area contributed by atoms with E-state index in [9.17, 15) is 9.59 Å². The van der Waals surface area contributed by atoms with Crippen molar-refractivity contribution < 1.29 is 14.3 Å². The van der Waals surface area contributed by atoms with Gasteiger partial charge in [0.2, 0.25) is 11.8 Å². The lowest BCUT2D eigenvalue weighted by Crippen LogP contribution is -2.43. The summed E-state index contributed by atoms with van der Waals surface area (Å²) >= 11 is 0. The Hall–Kier alpha value is -2.82. The van der Waals surface area contributed by atoms with Gasteiger partial charge >= 0.3 is 0 Å². The van der Waals surface area contributed by atoms with Crippen LogP contribution in [0.3, 0.4) is 0 Å². The molecule has 1 saturated heterocycles. The molecule has 0 saturated carbocycles. The number of rotatable bonds is 6. The van der Waals surface area contributed by atoms with E-state index in [1.165, 1.54) is 5.56 Å². The normalized spacial score (nSPS) is 14.6. The fraction of sp³-hybridized carbons (Fsp3) is 0.391. The molecule has 2 aromatic rings. The summed E-state index contributed by atoms with van der Waals surface area (Å²) in [5, 5.41) is 3.04. The molecule has 28 heavy (non-hydrogen) atoms. The van der Waals surface area contributed by atoms with E-state index in [0.717, 1.165) is 16.9 Å². The van der Waals surface area contributed by atoms with Gasteiger partial charge < -0.3 is 15.0 Å². The maximum Gasteiger partial charge on any atom is 0.226 e. The molecule has 1 N–H and O–H groups in total. The van der Waals surface area contributed by atoms with Gasteiger partial charge in [-0.3, -0.25) is 9.59 Å². The Balaban J connectivity index is 1.44. The first-order valence-corrected chi connectivity index (χ1v) is 9.79. The number of carbonyl (C=O) groups is 2. The van der Waals surface area contributed by atoms with Crippen LogP contribution in [0.15, 0.2) is 48.5 Å². The SMILES string of the molecule is COc1ccc(CC(=O)N2CCC(C(=O)NCc3cccc(C)c3)CC2)cc1. The molecule has 0 bridgehead atoms. The minimum atomic E-state index is -0.0187. The van der Waals surface area contributed by atoms with Gasteiger partial charge in [0.05, 0.1) is 13.5 Å². The van der Waals surface area contributed by atoms with Gasteiger partial charge in [-0.15, -0.1) is 0 Å². The van der Waals surface area contributed by atoms with Crippen molar-refractivity contribution >= 4 is 11.8 Å². The number of nitrogens with zero attached hydrogens (tertiary/aromatic N) is 1. The van der Waals surface area contributed by atoms with Gasteiger partial charge in [0.25, 0.3) is 0 Å². The van der Waals surface area contributed by atoms with Crippen LogP contribution in [0.5, 0.6) is 5.75 Å². The number of hydrogen-bond acceptors (Lipinski definition) is 3. The molecule has 0 unspecified atom stereocenters. The number of carbonyl (C=O) groups excluding carboxylic acids is 2. The topological polar surface area (TPSA) is 58.6 Å². The second kappa shape index (κ2) is 9.40. The molecule has 3 rings (SSSR count). The number of piperidine rings is 1. The average molecular weight is 380 g/mol. The number of ether oxygens (including phenoxy) is 1. The lowest BCUT2D eigenvalue weighted by molar-refractivity contribution is -0.135. The Morgan fingerprint density at radius 1 is 1.07 bits per heavy atom. The first-order chi connectivity index (χ1) is 13.5. The second-order valence-electron chi connectivity index (χ2n) is 7.39. The molecule has 2 amide bonds. The summed E-state index contributed by atoms with van der Waals surface area (Å²) in [4.78, 5) is 26.9. The maximum atomic E-state index is 12.5. The summed E-state index contributed by atoms with van der Waals surface area (Å²) in [6, 6.07) is 15.7. The van der Waals surface area contributed by atoms with Gasteiger partial charge in [-0.1, -0.05) is 42.0 Å². The van der Waals surface area contributed by atoms with Gasteiger partial charge in [-0.2, -0.15) is 0 Å². The molecule has 0 aliphatic carbocycles. The van der Waals surface area contributed by atoms with Crippen molar-refractivity contribution in [1.82, 2.24) is 10.2 Å². The summed E-state index contributed by atoms with van der Waals surface area (Å²) in [5.41, 5.74) is 3.28. The predicted molar refractivity (Wildman–Crippen MR) is 109 cm³/mol. The summed E-state index contributed by atoms with van der Waals surface area (Å²) < 4.78 is 5.15. The Morgan fingerprint density at radius 2 is 1.79 bits per heavy atom. The smallest absolute Gasteiger partial charge is 0.226 e. The first-order valence-electron chi connectivity index (χ1n) is 9.79. The molecular formula is C23H28N2O3. The highest BCUT2D eigenvalue weighted by atomic mass is 16.5. The Kier molecular flexibility index (Phi) is 6.69. The van der Waals surface area contributed by atoms with Crippen LogP contribution in [-0.2, 0) is 22.6 Å². The van der Waals surface area contributed by atoms with Crippen molar-refractivity contribution in [3.63, 3.8) is 0 Å². The molecule has 1 heterocycles. The van der Waals surface area contributed by atoms with Crippen molar-refractivity contribution in [3.8, 4) is 5.75 Å². The second-order valence-corrected chi connectivity index (χ2v) is 7.39. The maximum absolute atomic E-state index is 12.5. The van der Waals surface area contributed by atoms with Crippen LogP contribution in [0, 0.1) is 12.8 Å². The van der Waals surface area contributed by atoms with E-state index in [1.807, 2.05) is 54.3 Å². The van der Waals surface area contributed by atoms with E-state index in [4.69, 9.17) is 4.74 Å². The van der Waals surface area contributed by atoms with Crippen molar-refractivity contribution in [3.05, 3.63) is 65.2 Å². The highest BCUT2D eigenvalue weighted by Crippen LogP contribution is 2.19. The summed E-state index contributed by atoms with van der Waals surface area (Å²) in [6.45, 7) is 3.87. The Morgan fingerprint density at radius 3 is 2.43 bits per heavy atom. The van der Waals surface area contributed by atoms with Crippen LogP contribution in [0.1, 0.15) is 29.5 Å². The van der Waals surface area contributed by atoms with E-state index in [1.54, 1.807) is 7.11 Å². The molecule has 0 atom stereocenters. The van der Waals surface area contributed by atoms with Crippen molar-refractivity contribution in [2.75, 3.05) is 20.2 Å². The molecule has 0 radical (unpaired) electrons. The lowest BCUT2D eigenvalue weighted by atomic mass is 9.95.